The van der Waals surface area contributed by atoms with Gasteiger partial charge in [-0.05, 0) is 36.2 Å². The quantitative estimate of drug-likeness (QED) is 0.929. The maximum atomic E-state index is 12.2. The summed E-state index contributed by atoms with van der Waals surface area (Å²) in [5.41, 5.74) is 1.07. The van der Waals surface area contributed by atoms with Gasteiger partial charge in [-0.2, -0.15) is 0 Å². The molecule has 1 N–H and O–H groups in total. The molecule has 6 heteroatoms. The van der Waals surface area contributed by atoms with Crippen LogP contribution in [0.4, 0.5) is 0 Å². The summed E-state index contributed by atoms with van der Waals surface area (Å²) in [6.07, 6.45) is 0.0728. The average molecular weight is 327 g/mol. The Morgan fingerprint density at radius 3 is 2.71 bits per heavy atom. The minimum Gasteiger partial charge on any atom is -0.485 e. The molecule has 1 atom stereocenters. The molecule has 2 aromatic carbocycles. The van der Waals surface area contributed by atoms with Gasteiger partial charge >= 0.3 is 0 Å². The summed E-state index contributed by atoms with van der Waals surface area (Å²) < 4.78 is 21.9. The molecule has 6 nitrogen and oxygen atoms in total. The Balaban J connectivity index is 1.30. The Morgan fingerprint density at radius 1 is 1.00 bits per heavy atom. The van der Waals surface area contributed by atoms with Crippen molar-refractivity contribution < 1.29 is 23.7 Å². The second-order valence-corrected chi connectivity index (χ2v) is 5.59. The smallest absolute Gasteiger partial charge is 0.264 e. The van der Waals surface area contributed by atoms with Crippen LogP contribution < -0.4 is 24.3 Å². The van der Waals surface area contributed by atoms with E-state index in [4.69, 9.17) is 18.9 Å². The highest BCUT2D eigenvalue weighted by atomic mass is 16.7. The van der Waals surface area contributed by atoms with Gasteiger partial charge in [0, 0.05) is 6.54 Å². The molecule has 0 aromatic heterocycles. The van der Waals surface area contributed by atoms with Gasteiger partial charge in [0.15, 0.2) is 23.0 Å². The lowest BCUT2D eigenvalue weighted by atomic mass is 10.1. The van der Waals surface area contributed by atoms with Crippen LogP contribution in [0.2, 0.25) is 0 Å². The third-order valence-electron chi connectivity index (χ3n) is 3.95. The molecule has 1 amide bonds. The fraction of sp³-hybridized carbons (Fsp3) is 0.278. The SMILES string of the molecule is O=C(NCCc1ccc2c(c1)OCO2)[C@@H]1COc2ccccc2O1. The van der Waals surface area contributed by atoms with E-state index >= 15 is 0 Å². The van der Waals surface area contributed by atoms with E-state index in [-0.39, 0.29) is 19.3 Å². The number of nitrogens with one attached hydrogen (secondary N) is 1. The van der Waals surface area contributed by atoms with Crippen molar-refractivity contribution in [2.24, 2.45) is 0 Å². The molecule has 2 heterocycles. The van der Waals surface area contributed by atoms with E-state index in [1.165, 1.54) is 0 Å². The molecular weight excluding hydrogens is 310 g/mol. The minimum absolute atomic E-state index is 0.176. The van der Waals surface area contributed by atoms with Crippen LogP contribution in [0.1, 0.15) is 5.56 Å². The van der Waals surface area contributed by atoms with Crippen molar-refractivity contribution in [1.29, 1.82) is 0 Å². The van der Waals surface area contributed by atoms with E-state index in [2.05, 4.69) is 5.32 Å². The van der Waals surface area contributed by atoms with Gasteiger partial charge in [-0.25, -0.2) is 0 Å². The molecule has 4 rings (SSSR count). The Labute approximate surface area is 139 Å². The molecular formula is C18H17NO5. The Bertz CT molecular complexity index is 761. The first-order chi connectivity index (χ1) is 11.8. The lowest BCUT2D eigenvalue weighted by Gasteiger charge is -2.25. The molecule has 24 heavy (non-hydrogen) atoms. The first kappa shape index (κ1) is 14.7. The van der Waals surface area contributed by atoms with Crippen LogP contribution >= 0.6 is 0 Å². The zero-order chi connectivity index (χ0) is 16.4. The van der Waals surface area contributed by atoms with Gasteiger partial charge in [-0.1, -0.05) is 18.2 Å². The van der Waals surface area contributed by atoms with E-state index in [1.54, 1.807) is 6.07 Å². The van der Waals surface area contributed by atoms with Crippen LogP contribution in [-0.2, 0) is 11.2 Å². The van der Waals surface area contributed by atoms with Gasteiger partial charge in [0.25, 0.3) is 5.91 Å². The van der Waals surface area contributed by atoms with Crippen LogP contribution in [0.25, 0.3) is 0 Å². The number of hydrogen-bond acceptors (Lipinski definition) is 5. The molecule has 2 aromatic rings. The summed E-state index contributed by atoms with van der Waals surface area (Å²) in [5.74, 6) is 2.60. The lowest BCUT2D eigenvalue weighted by molar-refractivity contribution is -0.130. The monoisotopic (exact) mass is 327 g/mol. The zero-order valence-electron chi connectivity index (χ0n) is 13.0. The second kappa shape index (κ2) is 6.31. The van der Waals surface area contributed by atoms with Crippen molar-refractivity contribution in [3.05, 3.63) is 48.0 Å². The van der Waals surface area contributed by atoms with Gasteiger partial charge in [-0.3, -0.25) is 4.79 Å². The fourth-order valence-corrected chi connectivity index (χ4v) is 2.69. The molecule has 0 fully saturated rings. The maximum absolute atomic E-state index is 12.2. The summed E-state index contributed by atoms with van der Waals surface area (Å²) in [6.45, 7) is 0.989. The highest BCUT2D eigenvalue weighted by Crippen LogP contribution is 2.32. The summed E-state index contributed by atoms with van der Waals surface area (Å²) in [7, 11) is 0. The van der Waals surface area contributed by atoms with Crippen molar-refractivity contribution in [3.63, 3.8) is 0 Å². The molecule has 124 valence electrons. The molecule has 0 aliphatic carbocycles. The fourth-order valence-electron chi connectivity index (χ4n) is 2.69. The largest absolute Gasteiger partial charge is 0.485 e. The summed E-state index contributed by atoms with van der Waals surface area (Å²) in [4.78, 5) is 12.2. The molecule has 0 saturated carbocycles. The topological polar surface area (TPSA) is 66.0 Å². The number of amides is 1. The molecule has 0 unspecified atom stereocenters. The Hall–Kier alpha value is -2.89. The third-order valence-corrected chi connectivity index (χ3v) is 3.95. The lowest BCUT2D eigenvalue weighted by Crippen LogP contribution is -2.44. The standard InChI is InChI=1S/C18H17NO5/c20-18(17-10-21-13-3-1-2-4-15(13)24-17)19-8-7-12-5-6-14-16(9-12)23-11-22-14/h1-6,9,17H,7-8,10-11H2,(H,19,20)/t17-/m0/s1. The van der Waals surface area contributed by atoms with E-state index in [0.29, 0.717) is 24.5 Å². The second-order valence-electron chi connectivity index (χ2n) is 5.59. The van der Waals surface area contributed by atoms with Crippen molar-refractivity contribution in [2.75, 3.05) is 19.9 Å². The van der Waals surface area contributed by atoms with E-state index in [9.17, 15) is 4.79 Å². The number of fused-ring (bicyclic) bond motifs is 2. The van der Waals surface area contributed by atoms with Crippen molar-refractivity contribution in [3.8, 4) is 23.0 Å². The zero-order valence-corrected chi connectivity index (χ0v) is 13.0. The molecule has 0 bridgehead atoms. The van der Waals surface area contributed by atoms with Crippen molar-refractivity contribution >= 4 is 5.91 Å². The van der Waals surface area contributed by atoms with Crippen LogP contribution in [0, 0.1) is 0 Å². The number of ether oxygens (including phenoxy) is 4. The molecule has 0 saturated heterocycles. The van der Waals surface area contributed by atoms with E-state index in [1.807, 2.05) is 36.4 Å². The number of carbonyl (C=O) groups excluding carboxylic acids is 1. The van der Waals surface area contributed by atoms with E-state index < -0.39 is 6.10 Å². The number of rotatable bonds is 4. The van der Waals surface area contributed by atoms with Crippen LogP contribution in [0.5, 0.6) is 23.0 Å². The molecule has 0 radical (unpaired) electrons. The van der Waals surface area contributed by atoms with Gasteiger partial charge in [0.2, 0.25) is 12.9 Å². The first-order valence-electron chi connectivity index (χ1n) is 7.84. The molecule has 2 aliphatic heterocycles. The summed E-state index contributed by atoms with van der Waals surface area (Å²) >= 11 is 0. The normalized spacial score (nSPS) is 17.4. The predicted octanol–water partition coefficient (Wildman–Crippen LogP) is 1.91. The number of benzene rings is 2. The number of carbonyl (C=O) groups is 1. The van der Waals surface area contributed by atoms with Gasteiger partial charge in [0.05, 0.1) is 0 Å². The van der Waals surface area contributed by atoms with Crippen molar-refractivity contribution in [2.45, 2.75) is 12.5 Å². The summed E-state index contributed by atoms with van der Waals surface area (Å²) in [5, 5.41) is 2.88. The van der Waals surface area contributed by atoms with Crippen LogP contribution in [0.15, 0.2) is 42.5 Å². The minimum atomic E-state index is -0.628. The Morgan fingerprint density at radius 2 is 1.79 bits per heavy atom. The average Bonchev–Trinajstić information content (AvgIpc) is 3.09. The highest BCUT2D eigenvalue weighted by molar-refractivity contribution is 5.81. The van der Waals surface area contributed by atoms with Crippen LogP contribution in [0.3, 0.4) is 0 Å². The maximum Gasteiger partial charge on any atom is 0.264 e. The van der Waals surface area contributed by atoms with Crippen LogP contribution in [-0.4, -0.2) is 32.0 Å². The van der Waals surface area contributed by atoms with E-state index in [0.717, 1.165) is 17.1 Å². The molecule has 0 spiro atoms. The molecule has 2 aliphatic rings. The Kier molecular flexibility index (Phi) is 3.86. The number of hydrogen-bond donors (Lipinski definition) is 1. The van der Waals surface area contributed by atoms with Gasteiger partial charge in [0.1, 0.15) is 6.61 Å². The van der Waals surface area contributed by atoms with Crippen molar-refractivity contribution in [1.82, 2.24) is 5.32 Å². The first-order valence-corrected chi connectivity index (χ1v) is 7.84. The number of para-hydroxylation sites is 2. The predicted molar refractivity (Wildman–Crippen MR) is 85.6 cm³/mol. The third kappa shape index (κ3) is 2.95. The van der Waals surface area contributed by atoms with Gasteiger partial charge < -0.3 is 24.3 Å². The highest BCUT2D eigenvalue weighted by Gasteiger charge is 2.26. The van der Waals surface area contributed by atoms with Gasteiger partial charge in [-0.15, -0.1) is 0 Å². The summed E-state index contributed by atoms with van der Waals surface area (Å²) in [6, 6.07) is 13.1.